The van der Waals surface area contributed by atoms with Crippen LogP contribution < -0.4 is 0 Å². The minimum atomic E-state index is -3.82. The molecule has 0 aliphatic carbocycles. The van der Waals surface area contributed by atoms with Gasteiger partial charge in [-0.15, -0.1) is 0 Å². The SMILES string of the molecule is Cc1ccc(S(=O)(=O)OC2(c3ccccc3)COC2)cc1. The Hall–Kier alpha value is -1.69. The van der Waals surface area contributed by atoms with Gasteiger partial charge in [-0.2, -0.15) is 8.42 Å². The third-order valence-electron chi connectivity index (χ3n) is 3.55. The lowest BCUT2D eigenvalue weighted by molar-refractivity contribution is -0.165. The standard InChI is InChI=1S/C16H16O4S/c1-13-7-9-15(10-8-13)21(17,18)20-16(11-19-12-16)14-5-3-2-4-6-14/h2-10H,11-12H2,1H3. The van der Waals surface area contributed by atoms with Gasteiger partial charge in [0.1, 0.15) is 0 Å². The highest BCUT2D eigenvalue weighted by atomic mass is 32.2. The summed E-state index contributed by atoms with van der Waals surface area (Å²) in [6.07, 6.45) is 0. The van der Waals surface area contributed by atoms with Gasteiger partial charge in [0.15, 0.2) is 5.60 Å². The molecule has 0 radical (unpaired) electrons. The molecule has 1 aliphatic rings. The van der Waals surface area contributed by atoms with E-state index in [-0.39, 0.29) is 18.1 Å². The third-order valence-corrected chi connectivity index (χ3v) is 4.94. The van der Waals surface area contributed by atoms with Crippen molar-refractivity contribution in [2.75, 3.05) is 13.2 Å². The average molecular weight is 304 g/mol. The van der Waals surface area contributed by atoms with Crippen LogP contribution in [0, 0.1) is 6.92 Å². The molecule has 0 N–H and O–H groups in total. The molecule has 0 saturated carbocycles. The van der Waals surface area contributed by atoms with Crippen molar-refractivity contribution in [3.05, 3.63) is 65.7 Å². The van der Waals surface area contributed by atoms with Gasteiger partial charge in [-0.1, -0.05) is 48.0 Å². The maximum atomic E-state index is 12.4. The van der Waals surface area contributed by atoms with Crippen molar-refractivity contribution in [2.24, 2.45) is 0 Å². The summed E-state index contributed by atoms with van der Waals surface area (Å²) in [6.45, 7) is 2.38. The zero-order valence-electron chi connectivity index (χ0n) is 11.7. The van der Waals surface area contributed by atoms with Crippen molar-refractivity contribution in [3.63, 3.8) is 0 Å². The third kappa shape index (κ3) is 2.72. The second-order valence-corrected chi connectivity index (χ2v) is 6.75. The van der Waals surface area contributed by atoms with Crippen LogP contribution >= 0.6 is 0 Å². The highest BCUT2D eigenvalue weighted by Crippen LogP contribution is 2.36. The summed E-state index contributed by atoms with van der Waals surface area (Å²) < 4.78 is 35.6. The first-order valence-electron chi connectivity index (χ1n) is 6.67. The molecule has 1 aliphatic heterocycles. The molecule has 0 atom stereocenters. The zero-order chi connectivity index (χ0) is 14.9. The van der Waals surface area contributed by atoms with Crippen LogP contribution in [0.4, 0.5) is 0 Å². The smallest absolute Gasteiger partial charge is 0.297 e. The van der Waals surface area contributed by atoms with Crippen LogP contribution in [0.1, 0.15) is 11.1 Å². The van der Waals surface area contributed by atoms with E-state index in [0.29, 0.717) is 0 Å². The Bertz CT molecular complexity index is 717. The Labute approximate surface area is 124 Å². The molecule has 0 unspecified atom stereocenters. The van der Waals surface area contributed by atoms with Gasteiger partial charge < -0.3 is 4.74 Å². The van der Waals surface area contributed by atoms with Gasteiger partial charge in [0, 0.05) is 0 Å². The van der Waals surface area contributed by atoms with Crippen molar-refractivity contribution in [3.8, 4) is 0 Å². The van der Waals surface area contributed by atoms with Crippen molar-refractivity contribution >= 4 is 10.1 Å². The molecule has 5 heteroatoms. The van der Waals surface area contributed by atoms with Crippen molar-refractivity contribution in [2.45, 2.75) is 17.4 Å². The van der Waals surface area contributed by atoms with Gasteiger partial charge in [-0.3, -0.25) is 0 Å². The topological polar surface area (TPSA) is 52.6 Å². The summed E-state index contributed by atoms with van der Waals surface area (Å²) in [5.41, 5.74) is 0.899. The van der Waals surface area contributed by atoms with Crippen LogP contribution in [0.25, 0.3) is 0 Å². The minimum Gasteiger partial charge on any atom is -0.374 e. The zero-order valence-corrected chi connectivity index (χ0v) is 12.5. The van der Waals surface area contributed by atoms with Gasteiger partial charge in [0.05, 0.1) is 18.1 Å². The van der Waals surface area contributed by atoms with E-state index in [1.807, 2.05) is 37.3 Å². The summed E-state index contributed by atoms with van der Waals surface area (Å²) in [4.78, 5) is 0.162. The Morgan fingerprint density at radius 3 is 2.14 bits per heavy atom. The monoisotopic (exact) mass is 304 g/mol. The molecule has 2 aromatic rings. The molecule has 3 rings (SSSR count). The largest absolute Gasteiger partial charge is 0.374 e. The van der Waals surface area contributed by atoms with E-state index in [9.17, 15) is 8.42 Å². The van der Waals surface area contributed by atoms with Gasteiger partial charge in [-0.05, 0) is 24.6 Å². The lowest BCUT2D eigenvalue weighted by Crippen LogP contribution is -2.50. The van der Waals surface area contributed by atoms with E-state index in [0.717, 1.165) is 11.1 Å². The molecule has 4 nitrogen and oxygen atoms in total. The molecule has 1 heterocycles. The van der Waals surface area contributed by atoms with E-state index < -0.39 is 15.7 Å². The first kappa shape index (κ1) is 14.3. The number of rotatable bonds is 4. The molecule has 0 bridgehead atoms. The number of aryl methyl sites for hydroxylation is 1. The molecule has 0 spiro atoms. The van der Waals surface area contributed by atoms with E-state index in [2.05, 4.69) is 0 Å². The number of hydrogen-bond acceptors (Lipinski definition) is 4. The lowest BCUT2D eigenvalue weighted by atomic mass is 9.92. The molecule has 21 heavy (non-hydrogen) atoms. The van der Waals surface area contributed by atoms with Gasteiger partial charge in [-0.25, -0.2) is 4.18 Å². The molecular formula is C16H16O4S. The number of benzene rings is 2. The van der Waals surface area contributed by atoms with Crippen LogP contribution in [0.3, 0.4) is 0 Å². The Morgan fingerprint density at radius 1 is 1.00 bits per heavy atom. The highest BCUT2D eigenvalue weighted by Gasteiger charge is 2.46. The van der Waals surface area contributed by atoms with Crippen molar-refractivity contribution < 1.29 is 17.3 Å². The lowest BCUT2D eigenvalue weighted by Gasteiger charge is -2.40. The fourth-order valence-electron chi connectivity index (χ4n) is 2.26. The van der Waals surface area contributed by atoms with Gasteiger partial charge >= 0.3 is 0 Å². The molecule has 0 aromatic heterocycles. The molecule has 1 saturated heterocycles. The fraction of sp³-hybridized carbons (Fsp3) is 0.250. The molecular weight excluding hydrogens is 288 g/mol. The Balaban J connectivity index is 1.92. The quantitative estimate of drug-likeness (QED) is 0.815. The molecule has 2 aromatic carbocycles. The summed E-state index contributed by atoms with van der Waals surface area (Å²) in [7, 11) is -3.82. The van der Waals surface area contributed by atoms with E-state index in [1.165, 1.54) is 0 Å². The first-order valence-corrected chi connectivity index (χ1v) is 8.08. The number of hydrogen-bond donors (Lipinski definition) is 0. The molecule has 0 amide bonds. The van der Waals surface area contributed by atoms with E-state index >= 15 is 0 Å². The van der Waals surface area contributed by atoms with Gasteiger partial charge in [0.25, 0.3) is 10.1 Å². The molecule has 110 valence electrons. The maximum absolute atomic E-state index is 12.4. The average Bonchev–Trinajstić information content (AvgIpc) is 2.44. The highest BCUT2D eigenvalue weighted by molar-refractivity contribution is 7.86. The minimum absolute atomic E-state index is 0.162. The van der Waals surface area contributed by atoms with Crippen LogP contribution in [0.15, 0.2) is 59.5 Å². The summed E-state index contributed by atoms with van der Waals surface area (Å²) in [6, 6.07) is 15.9. The predicted molar refractivity (Wildman–Crippen MR) is 78.4 cm³/mol. The van der Waals surface area contributed by atoms with Crippen molar-refractivity contribution in [1.29, 1.82) is 0 Å². The Kier molecular flexibility index (Phi) is 3.57. The van der Waals surface area contributed by atoms with Crippen LogP contribution in [-0.4, -0.2) is 21.6 Å². The maximum Gasteiger partial charge on any atom is 0.297 e. The summed E-state index contributed by atoms with van der Waals surface area (Å²) in [5.74, 6) is 0. The normalized spacial score (nSPS) is 17.2. The second kappa shape index (κ2) is 5.26. The fourth-order valence-corrected chi connectivity index (χ4v) is 3.43. The van der Waals surface area contributed by atoms with Gasteiger partial charge in [0.2, 0.25) is 0 Å². The summed E-state index contributed by atoms with van der Waals surface area (Å²) >= 11 is 0. The van der Waals surface area contributed by atoms with E-state index in [4.69, 9.17) is 8.92 Å². The molecule has 1 fully saturated rings. The van der Waals surface area contributed by atoms with E-state index in [1.54, 1.807) is 24.3 Å². The van der Waals surface area contributed by atoms with Crippen LogP contribution in [-0.2, 0) is 24.6 Å². The number of ether oxygens (including phenoxy) is 1. The summed E-state index contributed by atoms with van der Waals surface area (Å²) in [5, 5.41) is 0. The van der Waals surface area contributed by atoms with Crippen LogP contribution in [0.5, 0.6) is 0 Å². The second-order valence-electron chi connectivity index (χ2n) is 5.20. The van der Waals surface area contributed by atoms with Crippen LogP contribution in [0.2, 0.25) is 0 Å². The first-order chi connectivity index (χ1) is 10.0. The van der Waals surface area contributed by atoms with Crippen molar-refractivity contribution in [1.82, 2.24) is 0 Å². The predicted octanol–water partition coefficient (Wildman–Crippen LogP) is 2.63. The Morgan fingerprint density at radius 2 is 1.62 bits per heavy atom.